The number of carbonyl (C=O) groups excluding carboxylic acids is 2. The minimum absolute atomic E-state index is 0.00560. The molecule has 8 nitrogen and oxygen atoms in total. The van der Waals surface area contributed by atoms with Gasteiger partial charge in [-0.25, -0.2) is 8.78 Å². The van der Waals surface area contributed by atoms with E-state index in [0.29, 0.717) is 16.9 Å². The first-order valence-electron chi connectivity index (χ1n) is 10.6. The number of aliphatic hydroxyl groups excluding tert-OH is 1. The molecule has 1 aliphatic heterocycles. The third-order valence-electron chi connectivity index (χ3n) is 5.66. The average molecular weight is 456 g/mol. The number of ether oxygens (including phenoxy) is 1. The van der Waals surface area contributed by atoms with Gasteiger partial charge < -0.3 is 20.1 Å². The molecule has 1 aromatic carbocycles. The van der Waals surface area contributed by atoms with E-state index >= 15 is 0 Å². The number of amides is 2. The Kier molecular flexibility index (Phi) is 6.24. The molecule has 1 saturated heterocycles. The van der Waals surface area contributed by atoms with Crippen LogP contribution >= 0.6 is 0 Å². The molecule has 1 saturated carbocycles. The molecule has 33 heavy (non-hydrogen) atoms. The van der Waals surface area contributed by atoms with Crippen LogP contribution < -0.4 is 10.1 Å². The van der Waals surface area contributed by atoms with E-state index < -0.39 is 31.1 Å². The van der Waals surface area contributed by atoms with E-state index in [2.05, 4.69) is 10.3 Å². The lowest BCUT2D eigenvalue weighted by atomic mass is 10.0. The number of nitriles is 1. The number of rotatable bonds is 6. The van der Waals surface area contributed by atoms with Crippen molar-refractivity contribution in [1.29, 1.82) is 5.26 Å². The number of piperidine rings is 1. The number of benzene rings is 1. The molecule has 2 N–H and O–H groups in total. The van der Waals surface area contributed by atoms with E-state index in [9.17, 15) is 23.6 Å². The number of carbonyl (C=O) groups is 2. The minimum Gasteiger partial charge on any atom is -0.483 e. The number of anilines is 1. The zero-order valence-electron chi connectivity index (χ0n) is 17.6. The van der Waals surface area contributed by atoms with Crippen LogP contribution in [0, 0.1) is 17.2 Å². The van der Waals surface area contributed by atoms with Gasteiger partial charge in [0.2, 0.25) is 11.8 Å². The molecule has 2 amide bonds. The molecule has 2 aliphatic rings. The molecule has 2 heterocycles. The van der Waals surface area contributed by atoms with Gasteiger partial charge in [-0.3, -0.25) is 14.6 Å². The highest BCUT2D eigenvalue weighted by Gasteiger charge is 2.47. The number of hydrogen-bond donors (Lipinski definition) is 2. The number of likely N-dealkylation sites (tertiary alicyclic amines) is 1. The van der Waals surface area contributed by atoms with Crippen LogP contribution in [0.15, 0.2) is 36.5 Å². The Balaban J connectivity index is 1.50. The predicted octanol–water partition coefficient (Wildman–Crippen LogP) is 2.58. The van der Waals surface area contributed by atoms with Gasteiger partial charge in [-0.05, 0) is 43.2 Å². The van der Waals surface area contributed by atoms with Crippen LogP contribution in [0.3, 0.4) is 0 Å². The van der Waals surface area contributed by atoms with Gasteiger partial charge in [0.05, 0.1) is 17.8 Å². The number of nitrogens with one attached hydrogen (secondary N) is 1. The van der Waals surface area contributed by atoms with Crippen LogP contribution in [-0.2, 0) is 9.59 Å². The molecule has 172 valence electrons. The third kappa shape index (κ3) is 5.09. The Hall–Kier alpha value is -3.58. The van der Waals surface area contributed by atoms with Gasteiger partial charge in [0, 0.05) is 36.3 Å². The largest absolute Gasteiger partial charge is 0.483 e. The van der Waals surface area contributed by atoms with Gasteiger partial charge in [-0.1, -0.05) is 0 Å². The fourth-order valence-electron chi connectivity index (χ4n) is 3.67. The van der Waals surface area contributed by atoms with Gasteiger partial charge in [-0.2, -0.15) is 5.26 Å². The van der Waals surface area contributed by atoms with Gasteiger partial charge in [0.1, 0.15) is 18.4 Å². The summed E-state index contributed by atoms with van der Waals surface area (Å²) in [5.74, 6) is -4.09. The van der Waals surface area contributed by atoms with Crippen LogP contribution in [0.5, 0.6) is 5.75 Å². The second kappa shape index (κ2) is 9.11. The normalized spacial score (nSPS) is 19.5. The summed E-state index contributed by atoms with van der Waals surface area (Å²) in [5, 5.41) is 21.3. The summed E-state index contributed by atoms with van der Waals surface area (Å²) >= 11 is 0. The molecule has 4 rings (SSSR count). The maximum Gasteiger partial charge on any atom is 0.301 e. The molecule has 1 atom stereocenters. The molecule has 0 radical (unpaired) electrons. The molecule has 0 spiro atoms. The fourth-order valence-corrected chi connectivity index (χ4v) is 3.67. The summed E-state index contributed by atoms with van der Waals surface area (Å²) in [6, 6.07) is 9.85. The maximum absolute atomic E-state index is 14.6. The van der Waals surface area contributed by atoms with Crippen molar-refractivity contribution in [2.45, 2.75) is 31.3 Å². The predicted molar refractivity (Wildman–Crippen MR) is 113 cm³/mol. The summed E-state index contributed by atoms with van der Waals surface area (Å²) in [6.45, 7) is -1.68. The molecule has 1 aromatic heterocycles. The molecule has 1 aliphatic carbocycles. The Morgan fingerprint density at radius 2 is 2.06 bits per heavy atom. The number of pyridine rings is 1. The standard InChI is InChI=1S/C23H22F2N4O4/c24-23(25)13-29(21(31)12-30)8-6-20(23)33-19-4-3-15(9-16(19)11-26)18-10-17(5-7-27-18)28-22(32)14-1-2-14/h3-5,7,9-10,14,20,30H,1-2,6,8,12-13H2,(H,27,28,32)/t20-/m0/s1. The maximum atomic E-state index is 14.6. The van der Waals surface area contributed by atoms with Crippen LogP contribution in [0.4, 0.5) is 14.5 Å². The number of alkyl halides is 2. The van der Waals surface area contributed by atoms with Crippen LogP contribution in [0.1, 0.15) is 24.8 Å². The van der Waals surface area contributed by atoms with Crippen molar-refractivity contribution in [2.24, 2.45) is 5.92 Å². The van der Waals surface area contributed by atoms with E-state index in [1.165, 1.54) is 18.3 Å². The van der Waals surface area contributed by atoms with Gasteiger partial charge >= 0.3 is 5.92 Å². The van der Waals surface area contributed by atoms with Crippen molar-refractivity contribution in [3.8, 4) is 23.1 Å². The highest BCUT2D eigenvalue weighted by atomic mass is 19.3. The van der Waals surface area contributed by atoms with Gasteiger partial charge in [0.15, 0.2) is 6.10 Å². The smallest absolute Gasteiger partial charge is 0.301 e. The number of nitrogens with zero attached hydrogens (tertiary/aromatic N) is 3. The summed E-state index contributed by atoms with van der Waals surface area (Å²) < 4.78 is 34.6. The molecular formula is C23H22F2N4O4. The highest BCUT2D eigenvalue weighted by molar-refractivity contribution is 5.94. The lowest BCUT2D eigenvalue weighted by Crippen LogP contribution is -2.55. The lowest BCUT2D eigenvalue weighted by molar-refractivity contribution is -0.161. The highest BCUT2D eigenvalue weighted by Crippen LogP contribution is 2.34. The van der Waals surface area contributed by atoms with Crippen LogP contribution in [-0.4, -0.2) is 58.5 Å². The lowest BCUT2D eigenvalue weighted by Gasteiger charge is -2.38. The number of halogens is 2. The molecule has 10 heteroatoms. The zero-order valence-corrected chi connectivity index (χ0v) is 17.6. The van der Waals surface area contributed by atoms with Crippen molar-refractivity contribution < 1.29 is 28.2 Å². The number of aliphatic hydroxyl groups is 1. The molecule has 2 fully saturated rings. The molecule has 0 unspecified atom stereocenters. The molecule has 0 bridgehead atoms. The first kappa shape index (κ1) is 22.6. The second-order valence-electron chi connectivity index (χ2n) is 8.15. The Morgan fingerprint density at radius 1 is 1.27 bits per heavy atom. The second-order valence-corrected chi connectivity index (χ2v) is 8.15. The minimum atomic E-state index is -3.34. The number of aromatic nitrogens is 1. The first-order chi connectivity index (χ1) is 15.8. The van der Waals surface area contributed by atoms with E-state index in [1.807, 2.05) is 6.07 Å². The van der Waals surface area contributed by atoms with E-state index in [-0.39, 0.29) is 36.1 Å². The van der Waals surface area contributed by atoms with Crippen molar-refractivity contribution >= 4 is 17.5 Å². The zero-order chi connectivity index (χ0) is 23.6. The molecule has 2 aromatic rings. The average Bonchev–Trinajstić information content (AvgIpc) is 3.65. The first-order valence-corrected chi connectivity index (χ1v) is 10.6. The van der Waals surface area contributed by atoms with Gasteiger partial charge in [0.25, 0.3) is 0 Å². The van der Waals surface area contributed by atoms with Crippen LogP contribution in [0.2, 0.25) is 0 Å². The SMILES string of the molecule is N#Cc1cc(-c2cc(NC(=O)C3CC3)ccn2)ccc1O[C@H]1CCN(C(=O)CO)CC1(F)F. The van der Waals surface area contributed by atoms with Crippen molar-refractivity contribution in [3.05, 3.63) is 42.1 Å². The van der Waals surface area contributed by atoms with E-state index in [0.717, 1.165) is 17.7 Å². The Labute approximate surface area is 188 Å². The quantitative estimate of drug-likeness (QED) is 0.690. The van der Waals surface area contributed by atoms with E-state index in [4.69, 9.17) is 9.84 Å². The fraction of sp³-hybridized carbons (Fsp3) is 0.391. The summed E-state index contributed by atoms with van der Waals surface area (Å²) in [7, 11) is 0. The number of hydrogen-bond acceptors (Lipinski definition) is 6. The van der Waals surface area contributed by atoms with Crippen molar-refractivity contribution in [3.63, 3.8) is 0 Å². The Morgan fingerprint density at radius 3 is 2.73 bits per heavy atom. The van der Waals surface area contributed by atoms with Crippen molar-refractivity contribution in [2.75, 3.05) is 25.0 Å². The van der Waals surface area contributed by atoms with Gasteiger partial charge in [-0.15, -0.1) is 0 Å². The summed E-state index contributed by atoms with van der Waals surface area (Å²) in [6.07, 6.45) is 1.64. The third-order valence-corrected chi connectivity index (χ3v) is 5.66. The summed E-state index contributed by atoms with van der Waals surface area (Å²) in [4.78, 5) is 28.7. The molecular weight excluding hydrogens is 434 g/mol. The topological polar surface area (TPSA) is 116 Å². The monoisotopic (exact) mass is 456 g/mol. The summed E-state index contributed by atoms with van der Waals surface area (Å²) in [5.41, 5.74) is 1.72. The van der Waals surface area contributed by atoms with Crippen LogP contribution in [0.25, 0.3) is 11.3 Å². The Bertz CT molecular complexity index is 1110. The van der Waals surface area contributed by atoms with Crippen molar-refractivity contribution in [1.82, 2.24) is 9.88 Å². The van der Waals surface area contributed by atoms with E-state index in [1.54, 1.807) is 18.2 Å².